The van der Waals surface area contributed by atoms with Crippen LogP contribution in [0.5, 0.6) is 0 Å². The fourth-order valence-corrected chi connectivity index (χ4v) is 4.16. The molecule has 0 aromatic heterocycles. The first kappa shape index (κ1) is 14.3. The van der Waals surface area contributed by atoms with E-state index in [9.17, 15) is 10.2 Å². The van der Waals surface area contributed by atoms with Gasteiger partial charge in [-0.25, -0.2) is 0 Å². The molecule has 2 atom stereocenters. The Morgan fingerprint density at radius 3 is 1.17 bits per heavy atom. The molecule has 2 rings (SSSR count). The van der Waals surface area contributed by atoms with Gasteiger partial charge in [-0.05, 0) is 51.4 Å². The topological polar surface area (TPSA) is 40.5 Å². The second kappa shape index (κ2) is 5.50. The normalized spacial score (nSPS) is 30.7. The molecule has 0 amide bonds. The van der Waals surface area contributed by atoms with E-state index in [0.717, 1.165) is 25.7 Å². The molecule has 18 heavy (non-hydrogen) atoms. The van der Waals surface area contributed by atoms with Gasteiger partial charge >= 0.3 is 0 Å². The summed E-state index contributed by atoms with van der Waals surface area (Å²) in [5.74, 6) is 0.561. The summed E-state index contributed by atoms with van der Waals surface area (Å²) in [7, 11) is 0. The molecule has 0 heterocycles. The molecule has 0 bridgehead atoms. The quantitative estimate of drug-likeness (QED) is 0.807. The zero-order chi connectivity index (χ0) is 13.2. The van der Waals surface area contributed by atoms with E-state index >= 15 is 0 Å². The molecule has 2 fully saturated rings. The first-order valence-electron chi connectivity index (χ1n) is 7.91. The first-order chi connectivity index (χ1) is 8.46. The Labute approximate surface area is 112 Å². The van der Waals surface area contributed by atoms with Gasteiger partial charge in [-0.1, -0.05) is 38.5 Å². The molecule has 0 aromatic rings. The van der Waals surface area contributed by atoms with Gasteiger partial charge in [0.25, 0.3) is 0 Å². The van der Waals surface area contributed by atoms with Crippen LogP contribution in [0, 0.1) is 11.8 Å². The van der Waals surface area contributed by atoms with Gasteiger partial charge in [-0.3, -0.25) is 0 Å². The Bertz CT molecular complexity index is 230. The summed E-state index contributed by atoms with van der Waals surface area (Å²) in [6, 6.07) is 0. The smallest absolute Gasteiger partial charge is 0.0933 e. The molecule has 106 valence electrons. The van der Waals surface area contributed by atoms with Crippen LogP contribution in [0.4, 0.5) is 0 Å². The number of hydrogen-bond donors (Lipinski definition) is 2. The maximum absolute atomic E-state index is 11.0. The maximum atomic E-state index is 11.0. The van der Waals surface area contributed by atoms with Gasteiger partial charge in [-0.2, -0.15) is 0 Å². The molecule has 2 nitrogen and oxygen atoms in total. The van der Waals surface area contributed by atoms with Gasteiger partial charge < -0.3 is 10.2 Å². The predicted octanol–water partition coefficient (Wildman–Crippen LogP) is 3.65. The van der Waals surface area contributed by atoms with Crippen LogP contribution < -0.4 is 0 Å². The first-order valence-corrected chi connectivity index (χ1v) is 7.91. The molecule has 2 N–H and O–H groups in total. The Morgan fingerprint density at radius 2 is 0.889 bits per heavy atom. The molecular weight excluding hydrogens is 224 g/mol. The van der Waals surface area contributed by atoms with Crippen LogP contribution in [0.1, 0.15) is 78.1 Å². The maximum Gasteiger partial charge on any atom is 0.0933 e. The second-order valence-corrected chi connectivity index (χ2v) is 6.96. The number of hydrogen-bond acceptors (Lipinski definition) is 2. The average molecular weight is 254 g/mol. The summed E-state index contributed by atoms with van der Waals surface area (Å²) in [4.78, 5) is 0. The van der Waals surface area contributed by atoms with E-state index in [1.165, 1.54) is 38.5 Å². The molecule has 0 aliphatic heterocycles. The second-order valence-electron chi connectivity index (χ2n) is 6.96. The Morgan fingerprint density at radius 1 is 0.611 bits per heavy atom. The summed E-state index contributed by atoms with van der Waals surface area (Å²) in [5, 5.41) is 21.9. The van der Waals surface area contributed by atoms with Gasteiger partial charge in [0.2, 0.25) is 0 Å². The highest BCUT2D eigenvalue weighted by molar-refractivity contribution is 5.02. The van der Waals surface area contributed by atoms with Gasteiger partial charge in [0.05, 0.1) is 11.2 Å². The van der Waals surface area contributed by atoms with Gasteiger partial charge in [-0.15, -0.1) is 0 Å². The van der Waals surface area contributed by atoms with Crippen molar-refractivity contribution in [1.29, 1.82) is 0 Å². The van der Waals surface area contributed by atoms with E-state index in [-0.39, 0.29) is 11.8 Å². The van der Waals surface area contributed by atoms with Crippen molar-refractivity contribution >= 4 is 0 Å². The van der Waals surface area contributed by atoms with E-state index in [4.69, 9.17) is 0 Å². The third-order valence-electron chi connectivity index (χ3n) is 5.82. The van der Waals surface area contributed by atoms with Gasteiger partial charge in [0.1, 0.15) is 0 Å². The Kier molecular flexibility index (Phi) is 4.38. The lowest BCUT2D eigenvalue weighted by Gasteiger charge is -2.50. The zero-order valence-corrected chi connectivity index (χ0v) is 12.1. The summed E-state index contributed by atoms with van der Waals surface area (Å²) < 4.78 is 0. The van der Waals surface area contributed by atoms with Crippen molar-refractivity contribution < 1.29 is 10.2 Å². The van der Waals surface area contributed by atoms with Crippen LogP contribution in [0.15, 0.2) is 0 Å². The van der Waals surface area contributed by atoms with Crippen molar-refractivity contribution in [1.82, 2.24) is 0 Å². The van der Waals surface area contributed by atoms with Crippen molar-refractivity contribution in [2.45, 2.75) is 89.3 Å². The fourth-order valence-electron chi connectivity index (χ4n) is 4.16. The minimum absolute atomic E-state index is 0.281. The monoisotopic (exact) mass is 254 g/mol. The lowest BCUT2D eigenvalue weighted by Crippen LogP contribution is -2.59. The summed E-state index contributed by atoms with van der Waals surface area (Å²) in [6.45, 7) is 3.77. The highest BCUT2D eigenvalue weighted by Crippen LogP contribution is 2.45. The number of aliphatic hydroxyl groups is 2. The zero-order valence-electron chi connectivity index (χ0n) is 12.1. The minimum Gasteiger partial charge on any atom is -0.387 e. The summed E-state index contributed by atoms with van der Waals surface area (Å²) in [6.07, 6.45) is 11.7. The van der Waals surface area contributed by atoms with Crippen molar-refractivity contribution in [2.24, 2.45) is 11.8 Å². The van der Waals surface area contributed by atoms with E-state index in [2.05, 4.69) is 0 Å². The average Bonchev–Trinajstić information content (AvgIpc) is 2.40. The number of rotatable bonds is 3. The molecular formula is C16H30O2. The predicted molar refractivity (Wildman–Crippen MR) is 74.4 cm³/mol. The lowest BCUT2D eigenvalue weighted by molar-refractivity contribution is -0.198. The largest absolute Gasteiger partial charge is 0.387 e. The Hall–Kier alpha value is -0.0800. The Balaban J connectivity index is 2.09. The molecule has 0 spiro atoms. The van der Waals surface area contributed by atoms with Crippen LogP contribution in [0.2, 0.25) is 0 Å². The van der Waals surface area contributed by atoms with Crippen molar-refractivity contribution in [3.8, 4) is 0 Å². The third-order valence-corrected chi connectivity index (χ3v) is 5.82. The summed E-state index contributed by atoms with van der Waals surface area (Å²) >= 11 is 0. The highest BCUT2D eigenvalue weighted by atomic mass is 16.4. The van der Waals surface area contributed by atoms with Gasteiger partial charge in [0, 0.05) is 0 Å². The molecule has 2 unspecified atom stereocenters. The minimum atomic E-state index is -0.921. The van der Waals surface area contributed by atoms with E-state index in [0.29, 0.717) is 0 Å². The van der Waals surface area contributed by atoms with Crippen LogP contribution >= 0.6 is 0 Å². The van der Waals surface area contributed by atoms with Crippen molar-refractivity contribution in [3.63, 3.8) is 0 Å². The van der Waals surface area contributed by atoms with Crippen molar-refractivity contribution in [2.75, 3.05) is 0 Å². The van der Waals surface area contributed by atoms with Crippen LogP contribution in [-0.2, 0) is 0 Å². The fraction of sp³-hybridized carbons (Fsp3) is 1.00. The molecule has 0 aromatic carbocycles. The van der Waals surface area contributed by atoms with E-state index in [1.54, 1.807) is 0 Å². The van der Waals surface area contributed by atoms with Crippen LogP contribution in [-0.4, -0.2) is 21.4 Å². The van der Waals surface area contributed by atoms with Crippen molar-refractivity contribution in [3.05, 3.63) is 0 Å². The summed E-state index contributed by atoms with van der Waals surface area (Å²) in [5.41, 5.74) is -1.84. The molecule has 2 aliphatic carbocycles. The lowest BCUT2D eigenvalue weighted by atomic mass is 9.63. The highest BCUT2D eigenvalue weighted by Gasteiger charge is 2.51. The van der Waals surface area contributed by atoms with Gasteiger partial charge in [0.15, 0.2) is 0 Å². The standard InChI is InChI=1S/C16H30O2/c1-15(17,13-9-5-3-6-10-13)16(2,18)14-11-7-4-8-12-14/h13-14,17-18H,3-12H2,1-2H3. The SMILES string of the molecule is CC(O)(C1CCCCC1)C(C)(O)C1CCCCC1. The van der Waals surface area contributed by atoms with E-state index in [1.807, 2.05) is 13.8 Å². The van der Waals surface area contributed by atoms with Crippen LogP contribution in [0.3, 0.4) is 0 Å². The van der Waals surface area contributed by atoms with Crippen LogP contribution in [0.25, 0.3) is 0 Å². The molecule has 2 aliphatic rings. The third kappa shape index (κ3) is 2.60. The molecule has 2 heteroatoms. The van der Waals surface area contributed by atoms with E-state index < -0.39 is 11.2 Å². The molecule has 0 saturated heterocycles. The molecule has 2 saturated carbocycles. The molecule has 0 radical (unpaired) electrons.